The van der Waals surface area contributed by atoms with Crippen molar-refractivity contribution in [3.63, 3.8) is 0 Å². The molecule has 0 radical (unpaired) electrons. The summed E-state index contributed by atoms with van der Waals surface area (Å²) in [6.45, 7) is 4.48. The zero-order valence-electron chi connectivity index (χ0n) is 16.8. The molecule has 0 saturated carbocycles. The molecule has 6 nitrogen and oxygen atoms in total. The predicted octanol–water partition coefficient (Wildman–Crippen LogP) is 3.18. The van der Waals surface area contributed by atoms with E-state index in [4.69, 9.17) is 13.9 Å². The lowest BCUT2D eigenvalue weighted by molar-refractivity contribution is -0.918. The molecule has 0 bridgehead atoms. The van der Waals surface area contributed by atoms with Gasteiger partial charge in [-0.15, -0.1) is 0 Å². The van der Waals surface area contributed by atoms with Gasteiger partial charge in [0.1, 0.15) is 29.6 Å². The summed E-state index contributed by atoms with van der Waals surface area (Å²) in [5.74, 6) is 1.83. The highest BCUT2D eigenvalue weighted by Crippen LogP contribution is 2.31. The Morgan fingerprint density at radius 2 is 1.86 bits per heavy atom. The number of quaternary nitrogens is 1. The molecule has 0 spiro atoms. The third-order valence-electron chi connectivity index (χ3n) is 5.51. The number of phenolic OH excluding ortho intramolecular Hbond substituents is 1. The molecule has 1 saturated heterocycles. The van der Waals surface area contributed by atoms with Crippen LogP contribution in [0.15, 0.2) is 45.6 Å². The number of aryl methyl sites for hydroxylation is 1. The van der Waals surface area contributed by atoms with Gasteiger partial charge < -0.3 is 23.9 Å². The number of methoxy groups -OCH3 is 1. The second-order valence-corrected chi connectivity index (χ2v) is 7.52. The molecule has 29 heavy (non-hydrogen) atoms. The Kier molecular flexibility index (Phi) is 5.45. The molecule has 2 N–H and O–H groups in total. The number of hydrogen-bond donors (Lipinski definition) is 2. The third kappa shape index (κ3) is 3.93. The maximum atomic E-state index is 13.2. The summed E-state index contributed by atoms with van der Waals surface area (Å²) in [7, 11) is 1.58. The van der Waals surface area contributed by atoms with Crippen molar-refractivity contribution in [3.8, 4) is 23.0 Å². The Balaban J connectivity index is 1.75. The molecule has 6 heteroatoms. The van der Waals surface area contributed by atoms with E-state index >= 15 is 0 Å². The molecule has 4 rings (SSSR count). The quantitative estimate of drug-likeness (QED) is 0.693. The number of phenols is 1. The topological polar surface area (TPSA) is 73.3 Å². The van der Waals surface area contributed by atoms with Crippen LogP contribution in [0.25, 0.3) is 11.0 Å². The molecule has 0 aliphatic carbocycles. The first-order chi connectivity index (χ1) is 14.1. The first kappa shape index (κ1) is 19.3. The number of piperidine rings is 1. The fourth-order valence-electron chi connectivity index (χ4n) is 3.94. The summed E-state index contributed by atoms with van der Waals surface area (Å²) in [5, 5.41) is 10.9. The number of ether oxygens (including phenoxy) is 2. The number of rotatable bonds is 5. The van der Waals surface area contributed by atoms with Gasteiger partial charge in [-0.1, -0.05) is 6.07 Å². The van der Waals surface area contributed by atoms with Gasteiger partial charge in [-0.3, -0.25) is 4.79 Å². The van der Waals surface area contributed by atoms with E-state index in [2.05, 4.69) is 0 Å². The predicted molar refractivity (Wildman–Crippen MR) is 110 cm³/mol. The average molecular weight is 396 g/mol. The van der Waals surface area contributed by atoms with Crippen LogP contribution in [0, 0.1) is 6.92 Å². The van der Waals surface area contributed by atoms with Crippen LogP contribution < -0.4 is 19.8 Å². The van der Waals surface area contributed by atoms with Crippen molar-refractivity contribution in [2.75, 3.05) is 20.2 Å². The van der Waals surface area contributed by atoms with Crippen LogP contribution in [-0.2, 0) is 6.54 Å². The molecule has 1 aromatic heterocycles. The van der Waals surface area contributed by atoms with E-state index in [9.17, 15) is 9.90 Å². The van der Waals surface area contributed by atoms with Crippen molar-refractivity contribution >= 4 is 11.0 Å². The van der Waals surface area contributed by atoms with E-state index in [-0.39, 0.29) is 16.9 Å². The van der Waals surface area contributed by atoms with Crippen LogP contribution in [-0.4, -0.2) is 25.3 Å². The van der Waals surface area contributed by atoms with Gasteiger partial charge in [0.25, 0.3) is 0 Å². The third-order valence-corrected chi connectivity index (χ3v) is 5.51. The van der Waals surface area contributed by atoms with Crippen molar-refractivity contribution in [2.45, 2.75) is 32.7 Å². The summed E-state index contributed by atoms with van der Waals surface area (Å²) in [5.41, 5.74) is 0.887. The number of fused-ring (bicyclic) bond motifs is 1. The van der Waals surface area contributed by atoms with Crippen LogP contribution in [0.5, 0.6) is 23.0 Å². The number of likely N-dealkylation sites (tertiary alicyclic amines) is 1. The van der Waals surface area contributed by atoms with Crippen molar-refractivity contribution < 1.29 is 23.9 Å². The summed E-state index contributed by atoms with van der Waals surface area (Å²) in [6, 6.07) is 10.2. The lowest BCUT2D eigenvalue weighted by Gasteiger charge is -2.24. The molecule has 1 aliphatic heterocycles. The second kappa shape index (κ2) is 8.17. The molecule has 0 atom stereocenters. The van der Waals surface area contributed by atoms with Gasteiger partial charge >= 0.3 is 0 Å². The molecule has 3 aromatic rings. The maximum Gasteiger partial charge on any atom is 0.235 e. The minimum Gasteiger partial charge on any atom is -0.507 e. The molecule has 1 aliphatic rings. The van der Waals surface area contributed by atoms with Crippen molar-refractivity contribution in [3.05, 3.63) is 57.9 Å². The van der Waals surface area contributed by atoms with E-state index in [1.54, 1.807) is 50.4 Å². The Labute approximate surface area is 169 Å². The van der Waals surface area contributed by atoms with E-state index in [1.807, 2.05) is 0 Å². The van der Waals surface area contributed by atoms with Crippen LogP contribution in [0.1, 0.15) is 30.6 Å². The highest BCUT2D eigenvalue weighted by molar-refractivity contribution is 5.83. The number of aromatic hydroxyl groups is 1. The molecule has 0 unspecified atom stereocenters. The van der Waals surface area contributed by atoms with Crippen LogP contribution >= 0.6 is 0 Å². The highest BCUT2D eigenvalue weighted by Gasteiger charge is 2.22. The van der Waals surface area contributed by atoms with E-state index in [0.29, 0.717) is 40.3 Å². The molecule has 0 amide bonds. The lowest BCUT2D eigenvalue weighted by atomic mass is 10.1. The van der Waals surface area contributed by atoms with Crippen LogP contribution in [0.4, 0.5) is 0 Å². The van der Waals surface area contributed by atoms with Gasteiger partial charge in [-0.25, -0.2) is 0 Å². The fourth-order valence-corrected chi connectivity index (χ4v) is 3.94. The molecular formula is C23H26NO5+. The van der Waals surface area contributed by atoms with Gasteiger partial charge in [-0.2, -0.15) is 0 Å². The second-order valence-electron chi connectivity index (χ2n) is 7.52. The van der Waals surface area contributed by atoms with E-state index in [0.717, 1.165) is 13.1 Å². The molecule has 152 valence electrons. The molecule has 1 fully saturated rings. The SMILES string of the molecule is COc1cccc(Oc2c(C)oc3c(C[NH+]4CCCCC4)c(O)ccc3c2=O)c1. The summed E-state index contributed by atoms with van der Waals surface area (Å²) in [6.07, 6.45) is 3.62. The first-order valence-electron chi connectivity index (χ1n) is 10.0. The maximum absolute atomic E-state index is 13.2. The van der Waals surface area contributed by atoms with Gasteiger partial charge in [0.2, 0.25) is 11.2 Å². The summed E-state index contributed by atoms with van der Waals surface area (Å²) in [4.78, 5) is 14.6. The van der Waals surface area contributed by atoms with Crippen molar-refractivity contribution in [2.24, 2.45) is 0 Å². The van der Waals surface area contributed by atoms with Gasteiger partial charge in [0.15, 0.2) is 5.58 Å². The summed E-state index contributed by atoms with van der Waals surface area (Å²) < 4.78 is 17.1. The average Bonchev–Trinajstić information content (AvgIpc) is 2.74. The largest absolute Gasteiger partial charge is 0.507 e. The smallest absolute Gasteiger partial charge is 0.235 e. The Morgan fingerprint density at radius 3 is 2.62 bits per heavy atom. The lowest BCUT2D eigenvalue weighted by Crippen LogP contribution is -3.11. The Morgan fingerprint density at radius 1 is 1.10 bits per heavy atom. The number of benzene rings is 2. The van der Waals surface area contributed by atoms with Crippen molar-refractivity contribution in [1.29, 1.82) is 0 Å². The zero-order chi connectivity index (χ0) is 20.4. The van der Waals surface area contributed by atoms with Gasteiger partial charge in [0, 0.05) is 6.07 Å². The Bertz CT molecular complexity index is 1080. The van der Waals surface area contributed by atoms with E-state index < -0.39 is 0 Å². The molecular weight excluding hydrogens is 370 g/mol. The van der Waals surface area contributed by atoms with Gasteiger partial charge in [-0.05, 0) is 50.5 Å². The van der Waals surface area contributed by atoms with Crippen LogP contribution in [0.2, 0.25) is 0 Å². The zero-order valence-corrected chi connectivity index (χ0v) is 16.8. The van der Waals surface area contributed by atoms with Gasteiger partial charge in [0.05, 0.1) is 31.1 Å². The minimum absolute atomic E-state index is 0.146. The molecule has 2 heterocycles. The molecule has 2 aromatic carbocycles. The Hall–Kier alpha value is -2.99. The van der Waals surface area contributed by atoms with E-state index in [1.165, 1.54) is 24.2 Å². The standard InChI is InChI=1S/C23H25NO5/c1-15-22(29-17-8-6-7-16(13-17)27-2)21(26)18-9-10-20(25)19(23(18)28-15)14-24-11-4-3-5-12-24/h6-10,13,25H,3-5,11-12,14H2,1-2H3/p+1. The first-order valence-corrected chi connectivity index (χ1v) is 10.0. The number of hydrogen-bond acceptors (Lipinski definition) is 5. The number of nitrogens with one attached hydrogen (secondary N) is 1. The normalized spacial score (nSPS) is 14.8. The monoisotopic (exact) mass is 396 g/mol. The fraction of sp³-hybridized carbons (Fsp3) is 0.348. The van der Waals surface area contributed by atoms with Crippen molar-refractivity contribution in [1.82, 2.24) is 0 Å². The van der Waals surface area contributed by atoms with Crippen LogP contribution in [0.3, 0.4) is 0 Å². The summed E-state index contributed by atoms with van der Waals surface area (Å²) >= 11 is 0. The highest BCUT2D eigenvalue weighted by atomic mass is 16.5. The minimum atomic E-state index is -0.249.